The van der Waals surface area contributed by atoms with Gasteiger partial charge in [0, 0.05) is 22.7 Å². The Morgan fingerprint density at radius 2 is 1.96 bits per heavy atom. The summed E-state index contributed by atoms with van der Waals surface area (Å²) in [5.41, 5.74) is 3.00. The van der Waals surface area contributed by atoms with Gasteiger partial charge in [-0.3, -0.25) is 9.59 Å². The molecule has 0 unspecified atom stereocenters. The van der Waals surface area contributed by atoms with Crippen LogP contribution in [0.25, 0.3) is 6.08 Å². The van der Waals surface area contributed by atoms with Crippen LogP contribution in [0.1, 0.15) is 33.5 Å². The first-order valence-electron chi connectivity index (χ1n) is 8.73. The summed E-state index contributed by atoms with van der Waals surface area (Å²) in [6, 6.07) is 14.3. The van der Waals surface area contributed by atoms with Crippen LogP contribution in [0, 0.1) is 6.92 Å². The van der Waals surface area contributed by atoms with E-state index in [-0.39, 0.29) is 11.7 Å². The van der Waals surface area contributed by atoms with E-state index in [1.165, 1.54) is 13.0 Å². The van der Waals surface area contributed by atoms with Gasteiger partial charge in [-0.25, -0.2) is 4.98 Å². The number of anilines is 1. The average molecular weight is 392 g/mol. The first-order chi connectivity index (χ1) is 13.5. The predicted molar refractivity (Wildman–Crippen MR) is 112 cm³/mol. The standard InChI is InChI=1S/C22H20N2O3S/c1-15(25)18-7-9-19(10-8-18)24-22(26)11-6-17-4-3-5-21(12-17)27-13-20-14-28-16(2)23-20/h3-12,14H,13H2,1-2H3,(H,24,26)/b11-6+. The van der Waals surface area contributed by atoms with Gasteiger partial charge in [0.15, 0.2) is 5.78 Å². The van der Waals surface area contributed by atoms with Crippen LogP contribution in [0.15, 0.2) is 60.0 Å². The molecule has 0 aliphatic carbocycles. The smallest absolute Gasteiger partial charge is 0.248 e. The molecule has 28 heavy (non-hydrogen) atoms. The van der Waals surface area contributed by atoms with Crippen LogP contribution in [0.3, 0.4) is 0 Å². The number of carbonyl (C=O) groups is 2. The SMILES string of the molecule is CC(=O)c1ccc(NC(=O)/C=C/c2cccc(OCc3csc(C)n3)c2)cc1. The van der Waals surface area contributed by atoms with Crippen molar-refractivity contribution in [3.8, 4) is 5.75 Å². The Hall–Kier alpha value is -3.25. The molecule has 3 aromatic rings. The van der Waals surface area contributed by atoms with E-state index >= 15 is 0 Å². The summed E-state index contributed by atoms with van der Waals surface area (Å²) < 4.78 is 5.76. The first-order valence-corrected chi connectivity index (χ1v) is 9.61. The second kappa shape index (κ2) is 9.10. The predicted octanol–water partition coefficient (Wildman–Crippen LogP) is 4.89. The van der Waals surface area contributed by atoms with Gasteiger partial charge in [0.2, 0.25) is 5.91 Å². The van der Waals surface area contributed by atoms with E-state index in [0.717, 1.165) is 16.3 Å². The van der Waals surface area contributed by atoms with E-state index in [4.69, 9.17) is 4.74 Å². The summed E-state index contributed by atoms with van der Waals surface area (Å²) >= 11 is 1.59. The zero-order valence-corrected chi connectivity index (χ0v) is 16.5. The maximum absolute atomic E-state index is 12.1. The minimum absolute atomic E-state index is 0.00946. The van der Waals surface area contributed by atoms with Crippen LogP contribution in [-0.4, -0.2) is 16.7 Å². The highest BCUT2D eigenvalue weighted by Crippen LogP contribution is 2.17. The van der Waals surface area contributed by atoms with Crippen molar-refractivity contribution in [2.75, 3.05) is 5.32 Å². The largest absolute Gasteiger partial charge is 0.487 e. The molecule has 1 amide bonds. The summed E-state index contributed by atoms with van der Waals surface area (Å²) in [6.07, 6.45) is 3.18. The highest BCUT2D eigenvalue weighted by Gasteiger charge is 2.03. The molecule has 1 heterocycles. The molecule has 142 valence electrons. The van der Waals surface area contributed by atoms with Crippen LogP contribution in [0.2, 0.25) is 0 Å². The Morgan fingerprint density at radius 3 is 2.64 bits per heavy atom. The third kappa shape index (κ3) is 5.62. The Labute approximate surface area is 167 Å². The number of aryl methyl sites for hydroxylation is 1. The number of benzene rings is 2. The lowest BCUT2D eigenvalue weighted by Gasteiger charge is -2.05. The van der Waals surface area contributed by atoms with Crippen molar-refractivity contribution in [1.82, 2.24) is 4.98 Å². The third-order valence-corrected chi connectivity index (χ3v) is 4.72. The molecule has 0 saturated heterocycles. The molecule has 1 aromatic heterocycles. The summed E-state index contributed by atoms with van der Waals surface area (Å²) in [7, 11) is 0. The molecule has 0 saturated carbocycles. The number of nitrogens with one attached hydrogen (secondary N) is 1. The number of rotatable bonds is 7. The molecule has 0 aliphatic rings. The molecule has 0 spiro atoms. The minimum Gasteiger partial charge on any atom is -0.487 e. The lowest BCUT2D eigenvalue weighted by molar-refractivity contribution is -0.111. The maximum Gasteiger partial charge on any atom is 0.248 e. The third-order valence-electron chi connectivity index (χ3n) is 3.90. The van der Waals surface area contributed by atoms with Crippen molar-refractivity contribution >= 4 is 34.8 Å². The van der Waals surface area contributed by atoms with Gasteiger partial charge in [-0.05, 0) is 61.9 Å². The minimum atomic E-state index is -0.250. The summed E-state index contributed by atoms with van der Waals surface area (Å²) in [5.74, 6) is 0.456. The van der Waals surface area contributed by atoms with E-state index < -0.39 is 0 Å². The second-order valence-corrected chi connectivity index (χ2v) is 7.24. The van der Waals surface area contributed by atoms with Gasteiger partial charge < -0.3 is 10.1 Å². The number of aromatic nitrogens is 1. The normalized spacial score (nSPS) is 10.8. The fourth-order valence-electron chi connectivity index (χ4n) is 2.48. The number of ketones is 1. The van der Waals surface area contributed by atoms with Crippen LogP contribution in [0.4, 0.5) is 5.69 Å². The topological polar surface area (TPSA) is 68.3 Å². The van der Waals surface area contributed by atoms with Gasteiger partial charge in [0.1, 0.15) is 12.4 Å². The maximum atomic E-state index is 12.1. The number of amides is 1. The Bertz CT molecular complexity index is 1010. The molecule has 6 heteroatoms. The van der Waals surface area contributed by atoms with Crippen molar-refractivity contribution in [1.29, 1.82) is 0 Å². The fraction of sp³-hybridized carbons (Fsp3) is 0.136. The number of hydrogen-bond donors (Lipinski definition) is 1. The molecule has 0 bridgehead atoms. The lowest BCUT2D eigenvalue weighted by Crippen LogP contribution is -2.07. The highest BCUT2D eigenvalue weighted by molar-refractivity contribution is 7.09. The monoisotopic (exact) mass is 392 g/mol. The molecule has 2 aromatic carbocycles. The van der Waals surface area contributed by atoms with E-state index in [1.807, 2.05) is 36.6 Å². The molecule has 3 rings (SSSR count). The Balaban J connectivity index is 1.57. The van der Waals surface area contributed by atoms with Crippen molar-refractivity contribution in [3.63, 3.8) is 0 Å². The van der Waals surface area contributed by atoms with Gasteiger partial charge in [0.25, 0.3) is 0 Å². The molecule has 1 N–H and O–H groups in total. The number of Topliss-reactive ketones (excluding diaryl/α,β-unsaturated/α-hetero) is 1. The van der Waals surface area contributed by atoms with Crippen molar-refractivity contribution < 1.29 is 14.3 Å². The van der Waals surface area contributed by atoms with E-state index in [9.17, 15) is 9.59 Å². The van der Waals surface area contributed by atoms with Crippen molar-refractivity contribution in [3.05, 3.63) is 81.8 Å². The van der Waals surface area contributed by atoms with Gasteiger partial charge in [-0.1, -0.05) is 12.1 Å². The van der Waals surface area contributed by atoms with Crippen molar-refractivity contribution in [2.24, 2.45) is 0 Å². The molecule has 0 aliphatic heterocycles. The number of ether oxygens (including phenoxy) is 1. The summed E-state index contributed by atoms with van der Waals surface area (Å²) in [5, 5.41) is 5.76. The molecule has 0 fully saturated rings. The van der Waals surface area contributed by atoms with Crippen molar-refractivity contribution in [2.45, 2.75) is 20.5 Å². The molecular formula is C22H20N2O3S. The Morgan fingerprint density at radius 1 is 1.18 bits per heavy atom. The quantitative estimate of drug-likeness (QED) is 0.459. The van der Waals surface area contributed by atoms with Gasteiger partial charge in [-0.2, -0.15) is 0 Å². The van der Waals surface area contributed by atoms with Crippen LogP contribution >= 0.6 is 11.3 Å². The molecule has 0 atom stereocenters. The molecule has 0 radical (unpaired) electrons. The number of carbonyl (C=O) groups excluding carboxylic acids is 2. The number of nitrogens with zero attached hydrogens (tertiary/aromatic N) is 1. The van der Waals surface area contributed by atoms with Crippen LogP contribution in [-0.2, 0) is 11.4 Å². The van der Waals surface area contributed by atoms with Gasteiger partial charge in [0.05, 0.1) is 10.7 Å². The fourth-order valence-corrected chi connectivity index (χ4v) is 3.08. The van der Waals surface area contributed by atoms with Gasteiger partial charge >= 0.3 is 0 Å². The van der Waals surface area contributed by atoms with Gasteiger partial charge in [-0.15, -0.1) is 11.3 Å². The molecule has 5 nitrogen and oxygen atoms in total. The first kappa shape index (κ1) is 19.5. The average Bonchev–Trinajstić information content (AvgIpc) is 3.11. The number of thiazole rings is 1. The van der Waals surface area contributed by atoms with Crippen LogP contribution < -0.4 is 10.1 Å². The highest BCUT2D eigenvalue weighted by atomic mass is 32.1. The summed E-state index contributed by atoms with van der Waals surface area (Å²) in [6.45, 7) is 3.88. The second-order valence-electron chi connectivity index (χ2n) is 6.18. The van der Waals surface area contributed by atoms with E-state index in [2.05, 4.69) is 10.3 Å². The lowest BCUT2D eigenvalue weighted by atomic mass is 10.1. The van der Waals surface area contributed by atoms with E-state index in [1.54, 1.807) is 41.7 Å². The van der Waals surface area contributed by atoms with Crippen LogP contribution in [0.5, 0.6) is 5.75 Å². The molecular weight excluding hydrogens is 372 g/mol. The zero-order valence-electron chi connectivity index (χ0n) is 15.6. The summed E-state index contributed by atoms with van der Waals surface area (Å²) in [4.78, 5) is 27.8. The van der Waals surface area contributed by atoms with E-state index in [0.29, 0.717) is 23.6 Å². The Kier molecular flexibility index (Phi) is 6.34. The zero-order chi connectivity index (χ0) is 19.9. The number of hydrogen-bond acceptors (Lipinski definition) is 5.